The summed E-state index contributed by atoms with van der Waals surface area (Å²) >= 11 is 11.4. The maximum atomic E-state index is 13.1. The zero-order valence-corrected chi connectivity index (χ0v) is 10.8. The number of carbonyl (C=O) groups excluding carboxylic acids is 1. The number of halogens is 3. The summed E-state index contributed by atoms with van der Waals surface area (Å²) in [5, 5.41) is 11.7. The highest BCUT2D eigenvalue weighted by Gasteiger charge is 2.10. The third-order valence-corrected chi connectivity index (χ3v) is 2.95. The molecule has 98 valence electrons. The van der Waals surface area contributed by atoms with Crippen LogP contribution in [0.1, 0.15) is 10.4 Å². The molecule has 0 spiro atoms. The van der Waals surface area contributed by atoms with E-state index in [-0.39, 0.29) is 21.4 Å². The van der Waals surface area contributed by atoms with Gasteiger partial charge >= 0.3 is 0 Å². The largest absolute Gasteiger partial charge is 0.505 e. The summed E-state index contributed by atoms with van der Waals surface area (Å²) in [4.78, 5) is 15.6. The topological polar surface area (TPSA) is 62.2 Å². The van der Waals surface area contributed by atoms with Crippen LogP contribution in [0.5, 0.6) is 5.75 Å². The molecule has 0 radical (unpaired) electrons. The lowest BCUT2D eigenvalue weighted by Crippen LogP contribution is -2.12. The normalized spacial score (nSPS) is 10.3. The van der Waals surface area contributed by atoms with Crippen molar-refractivity contribution in [3.05, 3.63) is 52.0 Å². The van der Waals surface area contributed by atoms with E-state index in [4.69, 9.17) is 28.3 Å². The van der Waals surface area contributed by atoms with Crippen molar-refractivity contribution >= 4 is 34.8 Å². The highest BCUT2D eigenvalue weighted by Crippen LogP contribution is 2.22. The van der Waals surface area contributed by atoms with Crippen LogP contribution in [0, 0.1) is 5.82 Å². The fourth-order valence-electron chi connectivity index (χ4n) is 1.33. The molecule has 7 heteroatoms. The first-order valence-electron chi connectivity index (χ1n) is 5.08. The van der Waals surface area contributed by atoms with Crippen LogP contribution in [-0.4, -0.2) is 16.0 Å². The monoisotopic (exact) mass is 300 g/mol. The number of benzene rings is 1. The fourth-order valence-corrected chi connectivity index (χ4v) is 1.60. The van der Waals surface area contributed by atoms with Crippen molar-refractivity contribution in [1.82, 2.24) is 4.98 Å². The number of anilines is 1. The van der Waals surface area contributed by atoms with Gasteiger partial charge in [0.25, 0.3) is 5.91 Å². The number of nitrogens with one attached hydrogen (secondary N) is 1. The van der Waals surface area contributed by atoms with Crippen LogP contribution in [0.2, 0.25) is 10.2 Å². The highest BCUT2D eigenvalue weighted by atomic mass is 35.5. The maximum absolute atomic E-state index is 13.1. The van der Waals surface area contributed by atoms with Gasteiger partial charge < -0.3 is 10.4 Å². The minimum atomic E-state index is -0.829. The molecular formula is C12H7Cl2FN2O2. The lowest BCUT2D eigenvalue weighted by molar-refractivity contribution is 0.102. The van der Waals surface area contributed by atoms with E-state index in [0.717, 1.165) is 12.1 Å². The molecule has 2 N–H and O–H groups in total. The number of amides is 1. The van der Waals surface area contributed by atoms with Gasteiger partial charge in [-0.3, -0.25) is 4.79 Å². The standard InChI is InChI=1S/C12H7Cl2FN2O2/c13-8-3-6(5-16-11(8)14)12(19)17-7-1-2-10(18)9(15)4-7/h1-5,18H,(H,17,19). The summed E-state index contributed by atoms with van der Waals surface area (Å²) in [5.74, 6) is -1.84. The van der Waals surface area contributed by atoms with Crippen LogP contribution >= 0.6 is 23.2 Å². The summed E-state index contributed by atoms with van der Waals surface area (Å²) < 4.78 is 13.1. The fraction of sp³-hybridized carbons (Fsp3) is 0. The van der Waals surface area contributed by atoms with Gasteiger partial charge in [0.15, 0.2) is 11.6 Å². The number of carbonyl (C=O) groups is 1. The number of hydrogen-bond acceptors (Lipinski definition) is 3. The van der Waals surface area contributed by atoms with Gasteiger partial charge in [0.1, 0.15) is 5.15 Å². The van der Waals surface area contributed by atoms with E-state index in [1.54, 1.807) is 0 Å². The number of phenolic OH excluding ortho intramolecular Hbond substituents is 1. The van der Waals surface area contributed by atoms with Crippen molar-refractivity contribution in [2.75, 3.05) is 5.32 Å². The number of phenols is 1. The van der Waals surface area contributed by atoms with E-state index in [2.05, 4.69) is 10.3 Å². The average molecular weight is 301 g/mol. The molecule has 0 atom stereocenters. The minimum absolute atomic E-state index is 0.0916. The lowest BCUT2D eigenvalue weighted by atomic mass is 10.2. The van der Waals surface area contributed by atoms with Gasteiger partial charge in [0.05, 0.1) is 10.6 Å². The number of nitrogens with zero attached hydrogens (tertiary/aromatic N) is 1. The SMILES string of the molecule is O=C(Nc1ccc(O)c(F)c1)c1cnc(Cl)c(Cl)c1. The lowest BCUT2D eigenvalue weighted by Gasteiger charge is -2.06. The Morgan fingerprint density at radius 1 is 1.32 bits per heavy atom. The first-order chi connectivity index (χ1) is 8.97. The van der Waals surface area contributed by atoms with E-state index in [1.807, 2.05) is 0 Å². The molecular weight excluding hydrogens is 294 g/mol. The Bertz CT molecular complexity index is 650. The third kappa shape index (κ3) is 3.13. The van der Waals surface area contributed by atoms with E-state index in [9.17, 15) is 9.18 Å². The number of hydrogen-bond donors (Lipinski definition) is 2. The van der Waals surface area contributed by atoms with Crippen LogP contribution in [0.25, 0.3) is 0 Å². The van der Waals surface area contributed by atoms with Gasteiger partial charge in [-0.2, -0.15) is 0 Å². The van der Waals surface area contributed by atoms with E-state index in [0.29, 0.717) is 0 Å². The Labute approximate surface area is 117 Å². The predicted octanol–water partition coefficient (Wildman–Crippen LogP) is 3.49. The van der Waals surface area contributed by atoms with Gasteiger partial charge in [0, 0.05) is 18.0 Å². The molecule has 0 aliphatic carbocycles. The Morgan fingerprint density at radius 3 is 2.68 bits per heavy atom. The van der Waals surface area contributed by atoms with Crippen molar-refractivity contribution in [3.8, 4) is 5.75 Å². The number of rotatable bonds is 2. The molecule has 0 unspecified atom stereocenters. The second kappa shape index (κ2) is 5.42. The Morgan fingerprint density at radius 2 is 2.05 bits per heavy atom. The molecule has 0 aliphatic rings. The van der Waals surface area contributed by atoms with Gasteiger partial charge in [-0.05, 0) is 18.2 Å². The molecule has 1 heterocycles. The highest BCUT2D eigenvalue weighted by molar-refractivity contribution is 6.41. The molecule has 0 fully saturated rings. The summed E-state index contributed by atoms with van der Waals surface area (Å²) in [5.41, 5.74) is 0.384. The van der Waals surface area contributed by atoms with Crippen LogP contribution in [-0.2, 0) is 0 Å². The summed E-state index contributed by atoms with van der Waals surface area (Å²) in [6.45, 7) is 0. The number of aromatic hydroxyl groups is 1. The van der Waals surface area contributed by atoms with Crippen LogP contribution in [0.4, 0.5) is 10.1 Å². The second-order valence-electron chi connectivity index (χ2n) is 3.62. The summed E-state index contributed by atoms with van der Waals surface area (Å²) in [7, 11) is 0. The molecule has 0 saturated heterocycles. The second-order valence-corrected chi connectivity index (χ2v) is 4.38. The molecule has 1 aromatic heterocycles. The summed E-state index contributed by atoms with van der Waals surface area (Å²) in [6.07, 6.45) is 1.25. The van der Waals surface area contributed by atoms with E-state index < -0.39 is 17.5 Å². The van der Waals surface area contributed by atoms with Gasteiger partial charge in [-0.1, -0.05) is 23.2 Å². The van der Waals surface area contributed by atoms with E-state index in [1.165, 1.54) is 18.3 Å². The van der Waals surface area contributed by atoms with Gasteiger partial charge in [-0.15, -0.1) is 0 Å². The Hall–Kier alpha value is -1.85. The first kappa shape index (κ1) is 13.6. The van der Waals surface area contributed by atoms with E-state index >= 15 is 0 Å². The van der Waals surface area contributed by atoms with Crippen molar-refractivity contribution in [2.24, 2.45) is 0 Å². The maximum Gasteiger partial charge on any atom is 0.257 e. The number of aromatic nitrogens is 1. The third-order valence-electron chi connectivity index (χ3n) is 2.26. The van der Waals surface area contributed by atoms with Crippen molar-refractivity contribution in [1.29, 1.82) is 0 Å². The smallest absolute Gasteiger partial charge is 0.257 e. The van der Waals surface area contributed by atoms with Crippen LogP contribution in [0.15, 0.2) is 30.5 Å². The van der Waals surface area contributed by atoms with Crippen molar-refractivity contribution < 1.29 is 14.3 Å². The molecule has 4 nitrogen and oxygen atoms in total. The average Bonchev–Trinajstić information content (AvgIpc) is 2.37. The number of pyridine rings is 1. The van der Waals surface area contributed by atoms with Crippen LogP contribution in [0.3, 0.4) is 0 Å². The summed E-state index contributed by atoms with van der Waals surface area (Å²) in [6, 6.07) is 4.85. The van der Waals surface area contributed by atoms with Gasteiger partial charge in [0.2, 0.25) is 0 Å². The minimum Gasteiger partial charge on any atom is -0.505 e. The molecule has 19 heavy (non-hydrogen) atoms. The molecule has 0 saturated carbocycles. The van der Waals surface area contributed by atoms with Crippen LogP contribution < -0.4 is 5.32 Å². The zero-order chi connectivity index (χ0) is 14.0. The molecule has 0 bridgehead atoms. The zero-order valence-electron chi connectivity index (χ0n) is 9.32. The quantitative estimate of drug-likeness (QED) is 0.659. The molecule has 0 aliphatic heterocycles. The molecule has 1 amide bonds. The van der Waals surface area contributed by atoms with Crippen molar-refractivity contribution in [2.45, 2.75) is 0 Å². The molecule has 2 aromatic rings. The van der Waals surface area contributed by atoms with Gasteiger partial charge in [-0.25, -0.2) is 9.37 Å². The first-order valence-corrected chi connectivity index (χ1v) is 5.84. The van der Waals surface area contributed by atoms with Crippen molar-refractivity contribution in [3.63, 3.8) is 0 Å². The molecule has 1 aromatic carbocycles. The Balaban J connectivity index is 2.20. The predicted molar refractivity (Wildman–Crippen MR) is 70.3 cm³/mol. The molecule has 2 rings (SSSR count). The Kier molecular flexibility index (Phi) is 3.87.